The predicted octanol–water partition coefficient (Wildman–Crippen LogP) is 2.54. The molecule has 1 aromatic rings. The molecule has 6 heteroatoms. The summed E-state index contributed by atoms with van der Waals surface area (Å²) in [7, 11) is 0. The molecular formula is C11H18F2N4. The Morgan fingerprint density at radius 1 is 1.18 bits per heavy atom. The van der Waals surface area contributed by atoms with Crippen LogP contribution in [0.25, 0.3) is 0 Å². The fourth-order valence-corrected chi connectivity index (χ4v) is 1.55. The summed E-state index contributed by atoms with van der Waals surface area (Å²) in [5, 5.41) is 5.77. The molecule has 0 amide bonds. The zero-order chi connectivity index (χ0) is 12.7. The zero-order valence-electron chi connectivity index (χ0n) is 10.1. The van der Waals surface area contributed by atoms with E-state index in [0.717, 1.165) is 30.8 Å². The zero-order valence-corrected chi connectivity index (χ0v) is 10.1. The van der Waals surface area contributed by atoms with Crippen LogP contribution in [0.1, 0.15) is 25.8 Å². The highest BCUT2D eigenvalue weighted by molar-refractivity contribution is 5.57. The van der Waals surface area contributed by atoms with Crippen LogP contribution in [0.2, 0.25) is 0 Å². The summed E-state index contributed by atoms with van der Waals surface area (Å²) in [6, 6.07) is 0. The van der Waals surface area contributed by atoms with Gasteiger partial charge in [-0.15, -0.1) is 0 Å². The molecular weight excluding hydrogens is 226 g/mol. The van der Waals surface area contributed by atoms with Crippen LogP contribution in [-0.2, 0) is 6.42 Å². The highest BCUT2D eigenvalue weighted by Gasteiger charge is 2.11. The van der Waals surface area contributed by atoms with Crippen molar-refractivity contribution in [1.29, 1.82) is 0 Å². The van der Waals surface area contributed by atoms with E-state index in [1.165, 1.54) is 6.33 Å². The normalized spacial score (nSPS) is 10.6. The molecule has 0 atom stereocenters. The van der Waals surface area contributed by atoms with Gasteiger partial charge in [0.25, 0.3) is 6.43 Å². The van der Waals surface area contributed by atoms with Crippen LogP contribution in [0.3, 0.4) is 0 Å². The van der Waals surface area contributed by atoms with Crippen LogP contribution in [0.4, 0.5) is 20.4 Å². The van der Waals surface area contributed by atoms with Crippen molar-refractivity contribution in [3.05, 3.63) is 11.9 Å². The summed E-state index contributed by atoms with van der Waals surface area (Å²) in [5.41, 5.74) is 0.873. The molecule has 4 nitrogen and oxygen atoms in total. The van der Waals surface area contributed by atoms with Gasteiger partial charge in [-0.25, -0.2) is 18.7 Å². The van der Waals surface area contributed by atoms with E-state index >= 15 is 0 Å². The van der Waals surface area contributed by atoms with Gasteiger partial charge in [-0.05, 0) is 13.3 Å². The van der Waals surface area contributed by atoms with Crippen molar-refractivity contribution in [3.63, 3.8) is 0 Å². The second-order valence-electron chi connectivity index (χ2n) is 3.60. The number of halogens is 2. The second kappa shape index (κ2) is 6.98. The minimum Gasteiger partial charge on any atom is -0.370 e. The van der Waals surface area contributed by atoms with Gasteiger partial charge >= 0.3 is 0 Å². The Morgan fingerprint density at radius 3 is 2.35 bits per heavy atom. The number of alkyl halides is 2. The third-order valence-corrected chi connectivity index (χ3v) is 2.21. The van der Waals surface area contributed by atoms with E-state index in [0.29, 0.717) is 5.82 Å². The molecule has 1 aromatic heterocycles. The number of aromatic nitrogens is 2. The van der Waals surface area contributed by atoms with Gasteiger partial charge in [0.1, 0.15) is 18.0 Å². The van der Waals surface area contributed by atoms with Gasteiger partial charge in [0.15, 0.2) is 0 Å². The molecule has 0 aliphatic carbocycles. The molecule has 1 rings (SSSR count). The van der Waals surface area contributed by atoms with E-state index in [-0.39, 0.29) is 6.54 Å². The van der Waals surface area contributed by atoms with Crippen molar-refractivity contribution in [2.75, 3.05) is 23.7 Å². The predicted molar refractivity (Wildman–Crippen MR) is 64.7 cm³/mol. The Labute approximate surface area is 99.9 Å². The van der Waals surface area contributed by atoms with Crippen molar-refractivity contribution in [2.24, 2.45) is 0 Å². The smallest absolute Gasteiger partial charge is 0.255 e. The Hall–Kier alpha value is -1.46. The fraction of sp³-hybridized carbons (Fsp3) is 0.636. The Balaban J connectivity index is 2.89. The first kappa shape index (κ1) is 13.6. The summed E-state index contributed by atoms with van der Waals surface area (Å²) in [4.78, 5) is 8.14. The second-order valence-corrected chi connectivity index (χ2v) is 3.60. The van der Waals surface area contributed by atoms with Crippen molar-refractivity contribution < 1.29 is 8.78 Å². The number of nitrogens with zero attached hydrogens (tertiary/aromatic N) is 2. The van der Waals surface area contributed by atoms with Crippen LogP contribution < -0.4 is 10.6 Å². The van der Waals surface area contributed by atoms with Gasteiger partial charge < -0.3 is 10.6 Å². The minimum atomic E-state index is -2.39. The lowest BCUT2D eigenvalue weighted by molar-refractivity contribution is 0.163. The molecule has 0 unspecified atom stereocenters. The van der Waals surface area contributed by atoms with Crippen molar-refractivity contribution in [1.82, 2.24) is 9.97 Å². The summed E-state index contributed by atoms with van der Waals surface area (Å²) in [5.74, 6) is 1.22. The quantitative estimate of drug-likeness (QED) is 0.774. The third kappa shape index (κ3) is 4.13. The molecule has 17 heavy (non-hydrogen) atoms. The first-order valence-electron chi connectivity index (χ1n) is 5.78. The van der Waals surface area contributed by atoms with Gasteiger partial charge in [0.05, 0.1) is 6.54 Å². The molecule has 2 N–H and O–H groups in total. The molecule has 0 saturated heterocycles. The maximum atomic E-state index is 12.2. The molecule has 0 spiro atoms. The molecule has 0 bridgehead atoms. The SMILES string of the molecule is CCCc1c(NCC)ncnc1NCC(F)F. The number of nitrogens with one attached hydrogen (secondary N) is 2. The maximum Gasteiger partial charge on any atom is 0.255 e. The highest BCUT2D eigenvalue weighted by Crippen LogP contribution is 2.21. The van der Waals surface area contributed by atoms with E-state index in [1.807, 2.05) is 13.8 Å². The van der Waals surface area contributed by atoms with E-state index in [1.54, 1.807) is 0 Å². The topological polar surface area (TPSA) is 49.8 Å². The molecule has 0 aromatic carbocycles. The first-order chi connectivity index (χ1) is 8.19. The van der Waals surface area contributed by atoms with E-state index in [2.05, 4.69) is 20.6 Å². The highest BCUT2D eigenvalue weighted by atomic mass is 19.3. The molecule has 0 aliphatic heterocycles. The van der Waals surface area contributed by atoms with Crippen molar-refractivity contribution >= 4 is 11.6 Å². The summed E-state index contributed by atoms with van der Waals surface area (Å²) in [6.45, 7) is 4.34. The summed E-state index contributed by atoms with van der Waals surface area (Å²) in [6.07, 6.45) is 0.663. The lowest BCUT2D eigenvalue weighted by Gasteiger charge is -2.14. The minimum absolute atomic E-state index is 0.390. The lowest BCUT2D eigenvalue weighted by Crippen LogP contribution is -2.15. The largest absolute Gasteiger partial charge is 0.370 e. The average molecular weight is 244 g/mol. The maximum absolute atomic E-state index is 12.2. The van der Waals surface area contributed by atoms with Crippen molar-refractivity contribution in [2.45, 2.75) is 33.1 Å². The first-order valence-corrected chi connectivity index (χ1v) is 5.78. The van der Waals surface area contributed by atoms with Gasteiger partial charge in [-0.2, -0.15) is 0 Å². The van der Waals surface area contributed by atoms with Crippen LogP contribution in [0.15, 0.2) is 6.33 Å². The van der Waals surface area contributed by atoms with Gasteiger partial charge in [-0.3, -0.25) is 0 Å². The molecule has 0 fully saturated rings. The van der Waals surface area contributed by atoms with Crippen molar-refractivity contribution in [3.8, 4) is 0 Å². The number of rotatable bonds is 7. The standard InChI is InChI=1S/C11H18F2N4/c1-3-5-8-10(14-4-2)16-7-17-11(8)15-6-9(12)13/h7,9H,3-6H2,1-2H3,(H2,14,15,16,17). The summed E-state index contributed by atoms with van der Waals surface area (Å²) < 4.78 is 24.3. The third-order valence-electron chi connectivity index (χ3n) is 2.21. The van der Waals surface area contributed by atoms with Crippen LogP contribution in [0.5, 0.6) is 0 Å². The van der Waals surface area contributed by atoms with Crippen LogP contribution >= 0.6 is 0 Å². The average Bonchev–Trinajstić information content (AvgIpc) is 2.30. The number of hydrogen-bond acceptors (Lipinski definition) is 4. The Bertz CT molecular complexity index is 344. The molecule has 1 heterocycles. The fourth-order valence-electron chi connectivity index (χ4n) is 1.55. The van der Waals surface area contributed by atoms with Gasteiger partial charge in [-0.1, -0.05) is 13.3 Å². The van der Waals surface area contributed by atoms with Gasteiger partial charge in [0, 0.05) is 12.1 Å². The van der Waals surface area contributed by atoms with Crippen LogP contribution in [0, 0.1) is 0 Å². The van der Waals surface area contributed by atoms with Crippen LogP contribution in [-0.4, -0.2) is 29.5 Å². The molecule has 96 valence electrons. The summed E-state index contributed by atoms with van der Waals surface area (Å²) >= 11 is 0. The Morgan fingerprint density at radius 2 is 1.82 bits per heavy atom. The van der Waals surface area contributed by atoms with E-state index in [9.17, 15) is 8.78 Å². The number of anilines is 2. The molecule has 0 radical (unpaired) electrons. The lowest BCUT2D eigenvalue weighted by atomic mass is 10.1. The van der Waals surface area contributed by atoms with Gasteiger partial charge in [0.2, 0.25) is 0 Å². The van der Waals surface area contributed by atoms with E-state index in [4.69, 9.17) is 0 Å². The Kier molecular flexibility index (Phi) is 5.59. The van der Waals surface area contributed by atoms with E-state index < -0.39 is 6.43 Å². The number of hydrogen-bond donors (Lipinski definition) is 2. The molecule has 0 aliphatic rings. The monoisotopic (exact) mass is 244 g/mol. The molecule has 0 saturated carbocycles.